The average molecular weight is 174 g/mol. The molecule has 0 radical (unpaired) electrons. The summed E-state index contributed by atoms with van der Waals surface area (Å²) in [4.78, 5) is 30.8. The van der Waals surface area contributed by atoms with Crippen LogP contribution in [0.4, 0.5) is 0 Å². The standard InChI is InChI=1S/C6H10N2O4/c1-4(9)7-3-8-5(10)2-6(11)12/h2-3H2,1H3,(H,7,9)(H,8,10)(H,11,12). The van der Waals surface area contributed by atoms with E-state index in [-0.39, 0.29) is 12.6 Å². The molecule has 0 heterocycles. The SMILES string of the molecule is CC(=O)NCNC(=O)CC(=O)O. The minimum atomic E-state index is -1.20. The molecule has 2 amide bonds. The maximum absolute atomic E-state index is 10.6. The third-order valence-electron chi connectivity index (χ3n) is 0.935. The first-order valence-electron chi connectivity index (χ1n) is 3.25. The Labute approximate surface area is 68.9 Å². The van der Waals surface area contributed by atoms with Crippen LogP contribution in [0.1, 0.15) is 13.3 Å². The number of amides is 2. The maximum Gasteiger partial charge on any atom is 0.312 e. The molecule has 0 aromatic carbocycles. The normalized spacial score (nSPS) is 8.75. The largest absolute Gasteiger partial charge is 0.481 e. The van der Waals surface area contributed by atoms with Gasteiger partial charge in [0.15, 0.2) is 0 Å². The van der Waals surface area contributed by atoms with E-state index < -0.39 is 18.3 Å². The molecule has 0 aliphatic carbocycles. The van der Waals surface area contributed by atoms with Crippen molar-refractivity contribution in [3.05, 3.63) is 0 Å². The number of hydrogen-bond acceptors (Lipinski definition) is 3. The third-order valence-corrected chi connectivity index (χ3v) is 0.935. The first kappa shape index (κ1) is 10.4. The van der Waals surface area contributed by atoms with Gasteiger partial charge in [-0.25, -0.2) is 0 Å². The van der Waals surface area contributed by atoms with Gasteiger partial charge in [-0.3, -0.25) is 14.4 Å². The van der Waals surface area contributed by atoms with Crippen molar-refractivity contribution >= 4 is 17.8 Å². The lowest BCUT2D eigenvalue weighted by Gasteiger charge is -2.02. The van der Waals surface area contributed by atoms with E-state index in [0.717, 1.165) is 0 Å². The van der Waals surface area contributed by atoms with Gasteiger partial charge in [-0.2, -0.15) is 0 Å². The van der Waals surface area contributed by atoms with E-state index in [1.54, 1.807) is 0 Å². The zero-order chi connectivity index (χ0) is 9.56. The van der Waals surface area contributed by atoms with Crippen LogP contribution in [0.2, 0.25) is 0 Å². The van der Waals surface area contributed by atoms with Crippen LogP contribution in [0, 0.1) is 0 Å². The van der Waals surface area contributed by atoms with Crippen molar-refractivity contribution in [2.75, 3.05) is 6.67 Å². The first-order chi connectivity index (χ1) is 5.52. The smallest absolute Gasteiger partial charge is 0.312 e. The van der Waals surface area contributed by atoms with E-state index in [1.165, 1.54) is 6.92 Å². The Balaban J connectivity index is 3.44. The summed E-state index contributed by atoms with van der Waals surface area (Å²) in [6, 6.07) is 0. The summed E-state index contributed by atoms with van der Waals surface area (Å²) in [5, 5.41) is 12.6. The fourth-order valence-electron chi connectivity index (χ4n) is 0.467. The quantitative estimate of drug-likeness (QED) is 0.363. The van der Waals surface area contributed by atoms with E-state index in [2.05, 4.69) is 10.6 Å². The first-order valence-corrected chi connectivity index (χ1v) is 3.25. The summed E-state index contributed by atoms with van der Waals surface area (Å²) in [5.74, 6) is -2.11. The van der Waals surface area contributed by atoms with Crippen LogP contribution in [-0.2, 0) is 14.4 Å². The summed E-state index contributed by atoms with van der Waals surface area (Å²) in [6.45, 7) is 1.25. The van der Waals surface area contributed by atoms with Crippen LogP contribution in [0.3, 0.4) is 0 Å². The zero-order valence-electron chi connectivity index (χ0n) is 6.59. The molecule has 12 heavy (non-hydrogen) atoms. The van der Waals surface area contributed by atoms with Crippen molar-refractivity contribution in [1.29, 1.82) is 0 Å². The van der Waals surface area contributed by atoms with Gasteiger partial charge in [0.05, 0.1) is 6.67 Å². The highest BCUT2D eigenvalue weighted by molar-refractivity contribution is 5.93. The molecule has 0 unspecified atom stereocenters. The Hall–Kier alpha value is -1.59. The number of carbonyl (C=O) groups excluding carboxylic acids is 2. The van der Waals surface area contributed by atoms with Gasteiger partial charge in [-0.05, 0) is 0 Å². The maximum atomic E-state index is 10.6. The number of carboxylic acid groups (broad SMARTS) is 1. The van der Waals surface area contributed by atoms with Gasteiger partial charge in [-0.1, -0.05) is 0 Å². The molecule has 0 saturated carbocycles. The Morgan fingerprint density at radius 3 is 2.25 bits per heavy atom. The third kappa shape index (κ3) is 6.53. The summed E-state index contributed by atoms with van der Waals surface area (Å²) in [6.07, 6.45) is -0.584. The number of hydrogen-bond donors (Lipinski definition) is 3. The predicted octanol–water partition coefficient (Wildman–Crippen LogP) is -1.33. The Kier molecular flexibility index (Phi) is 4.43. The van der Waals surface area contributed by atoms with Gasteiger partial charge in [0.2, 0.25) is 11.8 Å². The molecule has 0 aromatic rings. The molecule has 0 aliphatic rings. The highest BCUT2D eigenvalue weighted by atomic mass is 16.4. The topological polar surface area (TPSA) is 95.5 Å². The summed E-state index contributed by atoms with van der Waals surface area (Å²) in [7, 11) is 0. The second-order valence-corrected chi connectivity index (χ2v) is 2.08. The van der Waals surface area contributed by atoms with Gasteiger partial charge in [0.1, 0.15) is 6.42 Å². The average Bonchev–Trinajstić information content (AvgIpc) is 1.84. The van der Waals surface area contributed by atoms with Gasteiger partial charge in [0, 0.05) is 6.92 Å². The van der Waals surface area contributed by atoms with E-state index in [0.29, 0.717) is 0 Å². The van der Waals surface area contributed by atoms with Crippen LogP contribution >= 0.6 is 0 Å². The number of carbonyl (C=O) groups is 3. The molecule has 68 valence electrons. The second-order valence-electron chi connectivity index (χ2n) is 2.08. The predicted molar refractivity (Wildman–Crippen MR) is 39.1 cm³/mol. The second kappa shape index (κ2) is 5.11. The molecule has 0 atom stereocenters. The Bertz CT molecular complexity index is 202. The lowest BCUT2D eigenvalue weighted by atomic mass is 10.4. The highest BCUT2D eigenvalue weighted by Crippen LogP contribution is 1.76. The molecule has 0 rings (SSSR count). The molecular formula is C6H10N2O4. The van der Waals surface area contributed by atoms with Crippen molar-refractivity contribution in [2.45, 2.75) is 13.3 Å². The lowest BCUT2D eigenvalue weighted by molar-refractivity contribution is -0.140. The number of carboxylic acids is 1. The summed E-state index contributed by atoms with van der Waals surface area (Å²) >= 11 is 0. The molecule has 6 nitrogen and oxygen atoms in total. The molecule has 3 N–H and O–H groups in total. The number of nitrogens with one attached hydrogen (secondary N) is 2. The van der Waals surface area contributed by atoms with Crippen molar-refractivity contribution in [3.8, 4) is 0 Å². The van der Waals surface area contributed by atoms with Crippen molar-refractivity contribution in [1.82, 2.24) is 10.6 Å². The highest BCUT2D eigenvalue weighted by Gasteiger charge is 2.05. The van der Waals surface area contributed by atoms with Crippen molar-refractivity contribution in [2.24, 2.45) is 0 Å². The minimum absolute atomic E-state index is 0.0402. The molecule has 0 saturated heterocycles. The number of aliphatic carboxylic acids is 1. The van der Waals surface area contributed by atoms with E-state index in [4.69, 9.17) is 5.11 Å². The van der Waals surface area contributed by atoms with E-state index in [9.17, 15) is 14.4 Å². The van der Waals surface area contributed by atoms with Crippen LogP contribution < -0.4 is 10.6 Å². The van der Waals surface area contributed by atoms with Crippen LogP contribution in [0.5, 0.6) is 0 Å². The molecular weight excluding hydrogens is 164 g/mol. The van der Waals surface area contributed by atoms with Crippen LogP contribution in [-0.4, -0.2) is 29.6 Å². The Morgan fingerprint density at radius 1 is 1.25 bits per heavy atom. The lowest BCUT2D eigenvalue weighted by Crippen LogP contribution is -2.36. The van der Waals surface area contributed by atoms with Gasteiger partial charge in [-0.15, -0.1) is 0 Å². The minimum Gasteiger partial charge on any atom is -0.481 e. The fraction of sp³-hybridized carbons (Fsp3) is 0.500. The summed E-state index contributed by atoms with van der Waals surface area (Å²) in [5.41, 5.74) is 0. The molecule has 0 aromatic heterocycles. The molecule has 0 fully saturated rings. The van der Waals surface area contributed by atoms with Gasteiger partial charge >= 0.3 is 5.97 Å². The van der Waals surface area contributed by atoms with Gasteiger partial charge in [0.25, 0.3) is 0 Å². The van der Waals surface area contributed by atoms with Crippen LogP contribution in [0.25, 0.3) is 0 Å². The summed E-state index contributed by atoms with van der Waals surface area (Å²) < 4.78 is 0. The Morgan fingerprint density at radius 2 is 1.83 bits per heavy atom. The molecule has 0 aliphatic heterocycles. The van der Waals surface area contributed by atoms with Crippen molar-refractivity contribution < 1.29 is 19.5 Å². The van der Waals surface area contributed by atoms with Crippen LogP contribution in [0.15, 0.2) is 0 Å². The number of rotatable bonds is 4. The van der Waals surface area contributed by atoms with E-state index in [1.807, 2.05) is 0 Å². The van der Waals surface area contributed by atoms with Gasteiger partial charge < -0.3 is 15.7 Å². The fourth-order valence-corrected chi connectivity index (χ4v) is 0.467. The molecule has 0 spiro atoms. The molecule has 0 bridgehead atoms. The molecule has 6 heteroatoms. The van der Waals surface area contributed by atoms with E-state index >= 15 is 0 Å². The zero-order valence-corrected chi connectivity index (χ0v) is 6.59. The van der Waals surface area contributed by atoms with Crippen molar-refractivity contribution in [3.63, 3.8) is 0 Å². The monoisotopic (exact) mass is 174 g/mol.